The van der Waals surface area contributed by atoms with Crippen LogP contribution in [0.2, 0.25) is 5.02 Å². The molecule has 1 atom stereocenters. The van der Waals surface area contributed by atoms with Gasteiger partial charge in [-0.15, -0.1) is 0 Å². The van der Waals surface area contributed by atoms with Crippen LogP contribution in [-0.2, 0) is 11.3 Å². The predicted molar refractivity (Wildman–Crippen MR) is 98.5 cm³/mol. The Morgan fingerprint density at radius 3 is 2.62 bits per heavy atom. The molecule has 1 unspecified atom stereocenters. The fourth-order valence-electron chi connectivity index (χ4n) is 2.76. The molecule has 0 radical (unpaired) electrons. The molecule has 1 N–H and O–H groups in total. The van der Waals surface area contributed by atoms with Crippen LogP contribution >= 0.6 is 11.6 Å². The topological polar surface area (TPSA) is 81.4 Å². The molecule has 0 aliphatic rings. The molecule has 0 fully saturated rings. The van der Waals surface area contributed by atoms with E-state index in [1.54, 1.807) is 37.3 Å². The first-order valence-corrected chi connectivity index (χ1v) is 8.31. The molecule has 0 amide bonds. The van der Waals surface area contributed by atoms with Crippen LogP contribution in [-0.4, -0.2) is 27.7 Å². The van der Waals surface area contributed by atoms with E-state index in [-0.39, 0.29) is 12.1 Å². The monoisotopic (exact) mass is 372 g/mol. The van der Waals surface area contributed by atoms with Crippen molar-refractivity contribution >= 4 is 28.5 Å². The van der Waals surface area contributed by atoms with E-state index < -0.39 is 12.1 Å². The maximum absolute atomic E-state index is 12.8. The number of hydrogen-bond acceptors (Lipinski definition) is 5. The third-order valence-electron chi connectivity index (χ3n) is 4.18. The van der Waals surface area contributed by atoms with E-state index in [1.165, 1.54) is 23.8 Å². The van der Waals surface area contributed by atoms with Gasteiger partial charge in [0.05, 0.1) is 36.2 Å². The highest BCUT2D eigenvalue weighted by Crippen LogP contribution is 2.19. The van der Waals surface area contributed by atoms with Crippen LogP contribution in [0.15, 0.2) is 47.3 Å². The number of aryl methyl sites for hydroxylation is 1. The van der Waals surface area contributed by atoms with E-state index in [9.17, 15) is 14.7 Å². The molecule has 6 nitrogen and oxygen atoms in total. The van der Waals surface area contributed by atoms with E-state index in [4.69, 9.17) is 11.6 Å². The van der Waals surface area contributed by atoms with Crippen molar-refractivity contribution in [2.45, 2.75) is 19.6 Å². The van der Waals surface area contributed by atoms with Crippen molar-refractivity contribution in [3.63, 3.8) is 0 Å². The summed E-state index contributed by atoms with van der Waals surface area (Å²) in [4.78, 5) is 28.8. The van der Waals surface area contributed by atoms with Crippen molar-refractivity contribution in [3.05, 3.63) is 74.8 Å². The molecule has 134 valence electrons. The number of methoxy groups -OCH3 is 1. The van der Waals surface area contributed by atoms with E-state index in [1.807, 2.05) is 0 Å². The summed E-state index contributed by atoms with van der Waals surface area (Å²) < 4.78 is 6.10. The minimum Gasteiger partial charge on any atom is -0.465 e. The third-order valence-corrected chi connectivity index (χ3v) is 4.43. The van der Waals surface area contributed by atoms with Gasteiger partial charge in [-0.25, -0.2) is 9.78 Å². The fourth-order valence-corrected chi connectivity index (χ4v) is 2.88. The molecule has 1 heterocycles. The van der Waals surface area contributed by atoms with Gasteiger partial charge in [-0.3, -0.25) is 9.36 Å². The van der Waals surface area contributed by atoms with Gasteiger partial charge in [0, 0.05) is 5.02 Å². The maximum Gasteiger partial charge on any atom is 0.337 e. The van der Waals surface area contributed by atoms with Crippen LogP contribution in [0, 0.1) is 6.92 Å². The van der Waals surface area contributed by atoms with Crippen molar-refractivity contribution in [2.75, 3.05) is 7.11 Å². The van der Waals surface area contributed by atoms with Gasteiger partial charge in [-0.1, -0.05) is 23.7 Å². The maximum atomic E-state index is 12.8. The SMILES string of the molecule is COC(=O)c1ccc2c(=O)n(CC(O)c3ccc(Cl)cc3)c(C)nc2c1. The number of esters is 1. The summed E-state index contributed by atoms with van der Waals surface area (Å²) in [5.41, 5.74) is 1.11. The predicted octanol–water partition coefficient (Wildman–Crippen LogP) is 2.88. The fraction of sp³-hybridized carbons (Fsp3) is 0.211. The first-order valence-electron chi connectivity index (χ1n) is 7.93. The number of aromatic nitrogens is 2. The number of rotatable bonds is 4. The molecule has 0 bridgehead atoms. The lowest BCUT2D eigenvalue weighted by atomic mass is 10.1. The summed E-state index contributed by atoms with van der Waals surface area (Å²) in [6, 6.07) is 11.4. The van der Waals surface area contributed by atoms with Crippen molar-refractivity contribution < 1.29 is 14.6 Å². The number of carbonyl (C=O) groups is 1. The lowest BCUT2D eigenvalue weighted by Crippen LogP contribution is -2.26. The Balaban J connectivity index is 2.00. The number of benzene rings is 2. The molecule has 2 aromatic carbocycles. The number of ether oxygens (including phenoxy) is 1. The standard InChI is InChI=1S/C19H17ClN2O4/c1-11-21-16-9-13(19(25)26-2)5-8-15(16)18(24)22(11)10-17(23)12-3-6-14(20)7-4-12/h3-9,17,23H,10H2,1-2H3. The van der Waals surface area contributed by atoms with Crippen LogP contribution in [0.4, 0.5) is 0 Å². The number of aliphatic hydroxyl groups excluding tert-OH is 1. The van der Waals surface area contributed by atoms with Crippen LogP contribution in [0.25, 0.3) is 10.9 Å². The van der Waals surface area contributed by atoms with Crippen LogP contribution in [0.5, 0.6) is 0 Å². The Bertz CT molecular complexity index is 1030. The van der Waals surface area contributed by atoms with Gasteiger partial charge >= 0.3 is 5.97 Å². The molecule has 0 saturated carbocycles. The molecule has 0 aliphatic carbocycles. The molecular formula is C19H17ClN2O4. The number of fused-ring (bicyclic) bond motifs is 1. The molecular weight excluding hydrogens is 356 g/mol. The lowest BCUT2D eigenvalue weighted by Gasteiger charge is -2.16. The van der Waals surface area contributed by atoms with Gasteiger partial charge in [-0.2, -0.15) is 0 Å². The summed E-state index contributed by atoms with van der Waals surface area (Å²) in [6.45, 7) is 1.74. The summed E-state index contributed by atoms with van der Waals surface area (Å²) >= 11 is 5.86. The Morgan fingerprint density at radius 1 is 1.27 bits per heavy atom. The normalized spacial score (nSPS) is 12.2. The molecule has 0 saturated heterocycles. The number of hydrogen-bond donors (Lipinski definition) is 1. The second-order valence-corrected chi connectivity index (χ2v) is 6.30. The van der Waals surface area contributed by atoms with Crippen molar-refractivity contribution in [1.29, 1.82) is 0 Å². The van der Waals surface area contributed by atoms with Crippen LogP contribution in [0.3, 0.4) is 0 Å². The minimum atomic E-state index is -0.878. The second kappa shape index (κ2) is 7.27. The largest absolute Gasteiger partial charge is 0.465 e. The summed E-state index contributed by atoms with van der Waals surface area (Å²) in [6.07, 6.45) is -0.878. The quantitative estimate of drug-likeness (QED) is 0.712. The molecule has 7 heteroatoms. The van der Waals surface area contributed by atoms with E-state index in [0.717, 1.165) is 0 Å². The highest BCUT2D eigenvalue weighted by atomic mass is 35.5. The average Bonchev–Trinajstić information content (AvgIpc) is 2.64. The number of nitrogens with zero attached hydrogens (tertiary/aromatic N) is 2. The zero-order chi connectivity index (χ0) is 18.8. The zero-order valence-electron chi connectivity index (χ0n) is 14.3. The van der Waals surface area contributed by atoms with Crippen LogP contribution in [0.1, 0.15) is 27.8 Å². The smallest absolute Gasteiger partial charge is 0.337 e. The van der Waals surface area contributed by atoms with E-state index in [2.05, 4.69) is 9.72 Å². The Labute approximate surface area is 154 Å². The number of halogens is 1. The first-order chi connectivity index (χ1) is 12.4. The van der Waals surface area contributed by atoms with Gasteiger partial charge in [0.15, 0.2) is 0 Å². The van der Waals surface area contributed by atoms with Crippen molar-refractivity contribution in [1.82, 2.24) is 9.55 Å². The van der Waals surface area contributed by atoms with E-state index >= 15 is 0 Å². The lowest BCUT2D eigenvalue weighted by molar-refractivity contribution is 0.0601. The zero-order valence-corrected chi connectivity index (χ0v) is 15.0. The summed E-state index contributed by atoms with van der Waals surface area (Å²) in [5.74, 6) is -0.0498. The first kappa shape index (κ1) is 18.1. The van der Waals surface area contributed by atoms with Crippen molar-refractivity contribution in [3.8, 4) is 0 Å². The Hall–Kier alpha value is -2.70. The number of aliphatic hydroxyl groups is 1. The molecule has 3 rings (SSSR count). The molecule has 26 heavy (non-hydrogen) atoms. The second-order valence-electron chi connectivity index (χ2n) is 5.87. The Kier molecular flexibility index (Phi) is 5.06. The van der Waals surface area contributed by atoms with Gasteiger partial charge < -0.3 is 9.84 Å². The van der Waals surface area contributed by atoms with Crippen molar-refractivity contribution in [2.24, 2.45) is 0 Å². The molecule has 0 aliphatic heterocycles. The van der Waals surface area contributed by atoms with Gasteiger partial charge in [-0.05, 0) is 42.8 Å². The average molecular weight is 373 g/mol. The number of carbonyl (C=O) groups excluding carboxylic acids is 1. The molecule has 1 aromatic heterocycles. The van der Waals surface area contributed by atoms with Gasteiger partial charge in [0.25, 0.3) is 5.56 Å². The Morgan fingerprint density at radius 2 is 1.96 bits per heavy atom. The van der Waals surface area contributed by atoms with Gasteiger partial charge in [0.2, 0.25) is 0 Å². The third kappa shape index (κ3) is 3.47. The summed E-state index contributed by atoms with van der Waals surface area (Å²) in [7, 11) is 1.29. The molecule has 0 spiro atoms. The highest BCUT2D eigenvalue weighted by Gasteiger charge is 2.15. The minimum absolute atomic E-state index is 0.0635. The van der Waals surface area contributed by atoms with Crippen LogP contribution < -0.4 is 5.56 Å². The van der Waals surface area contributed by atoms with E-state index in [0.29, 0.717) is 32.9 Å². The highest BCUT2D eigenvalue weighted by molar-refractivity contribution is 6.30. The molecule has 3 aromatic rings. The van der Waals surface area contributed by atoms with Gasteiger partial charge in [0.1, 0.15) is 5.82 Å². The summed E-state index contributed by atoms with van der Waals surface area (Å²) in [5, 5.41) is 11.4.